The zero-order chi connectivity index (χ0) is 16.1. The van der Waals surface area contributed by atoms with Gasteiger partial charge in [0.25, 0.3) is 0 Å². The maximum absolute atomic E-state index is 12.0. The lowest BCUT2D eigenvalue weighted by atomic mass is 10.2. The zero-order valence-corrected chi connectivity index (χ0v) is 13.3. The molecular weight excluding hydrogens is 284 g/mol. The molecule has 0 aromatic carbocycles. The summed E-state index contributed by atoms with van der Waals surface area (Å²) in [4.78, 5) is 14.0. The molecule has 0 spiro atoms. The highest BCUT2D eigenvalue weighted by atomic mass is 16.3. The van der Waals surface area contributed by atoms with Gasteiger partial charge < -0.3 is 19.6 Å². The predicted octanol–water partition coefficient (Wildman–Crippen LogP) is 1.07. The number of hydrogen-bond acceptors (Lipinski definition) is 5. The maximum atomic E-state index is 12.0. The molecular formula is C14H22N6O2. The topological polar surface area (TPSA) is 88.2 Å². The van der Waals surface area contributed by atoms with Crippen molar-refractivity contribution < 1.29 is 9.21 Å². The van der Waals surface area contributed by atoms with Gasteiger partial charge in [0.05, 0.1) is 18.3 Å². The second-order valence-electron chi connectivity index (χ2n) is 5.37. The van der Waals surface area contributed by atoms with Crippen LogP contribution in [0.5, 0.6) is 0 Å². The van der Waals surface area contributed by atoms with Crippen molar-refractivity contribution in [2.45, 2.75) is 19.0 Å². The minimum atomic E-state index is -0.256. The van der Waals surface area contributed by atoms with E-state index in [1.54, 1.807) is 17.2 Å². The highest BCUT2D eigenvalue weighted by molar-refractivity contribution is 5.74. The summed E-state index contributed by atoms with van der Waals surface area (Å²) in [6.07, 6.45) is 3.23. The third-order valence-corrected chi connectivity index (χ3v) is 3.43. The van der Waals surface area contributed by atoms with Crippen molar-refractivity contribution in [3.63, 3.8) is 0 Å². The molecule has 0 radical (unpaired) electrons. The number of carbonyl (C=O) groups excluding carboxylic acids is 1. The molecule has 22 heavy (non-hydrogen) atoms. The number of furan rings is 1. The van der Waals surface area contributed by atoms with E-state index in [2.05, 4.69) is 20.8 Å². The van der Waals surface area contributed by atoms with Gasteiger partial charge in [-0.05, 0) is 33.2 Å². The van der Waals surface area contributed by atoms with Gasteiger partial charge in [0.2, 0.25) is 0 Å². The van der Waals surface area contributed by atoms with Crippen LogP contribution in [0.15, 0.2) is 29.1 Å². The summed E-state index contributed by atoms with van der Waals surface area (Å²) >= 11 is 0. The molecule has 2 N–H and O–H groups in total. The van der Waals surface area contributed by atoms with Crippen LogP contribution >= 0.6 is 0 Å². The van der Waals surface area contributed by atoms with Gasteiger partial charge in [-0.1, -0.05) is 0 Å². The predicted molar refractivity (Wildman–Crippen MR) is 81.1 cm³/mol. The summed E-state index contributed by atoms with van der Waals surface area (Å²) in [5, 5.41) is 13.5. The number of aryl methyl sites for hydroxylation is 1. The van der Waals surface area contributed by atoms with E-state index in [0.29, 0.717) is 12.4 Å². The second kappa shape index (κ2) is 7.08. The van der Waals surface area contributed by atoms with E-state index in [4.69, 9.17) is 4.42 Å². The van der Waals surface area contributed by atoms with Crippen molar-refractivity contribution in [1.29, 1.82) is 0 Å². The zero-order valence-electron chi connectivity index (χ0n) is 13.3. The van der Waals surface area contributed by atoms with Crippen molar-refractivity contribution >= 4 is 6.03 Å². The summed E-state index contributed by atoms with van der Waals surface area (Å²) in [5.74, 6) is 1.51. The molecule has 8 nitrogen and oxygen atoms in total. The molecule has 120 valence electrons. The molecule has 2 rings (SSSR count). The largest absolute Gasteiger partial charge is 0.468 e. The van der Waals surface area contributed by atoms with Crippen molar-refractivity contribution in [2.75, 3.05) is 20.6 Å². The molecule has 0 saturated carbocycles. The number of rotatable bonds is 6. The number of aromatic nitrogens is 3. The highest BCUT2D eigenvalue weighted by Gasteiger charge is 2.19. The normalized spacial score (nSPS) is 13.9. The molecule has 0 fully saturated rings. The first kappa shape index (κ1) is 16.0. The highest BCUT2D eigenvalue weighted by Crippen LogP contribution is 2.17. The number of carbonyl (C=O) groups is 1. The average molecular weight is 306 g/mol. The van der Waals surface area contributed by atoms with Crippen LogP contribution in [0.2, 0.25) is 0 Å². The summed E-state index contributed by atoms with van der Waals surface area (Å²) in [5.41, 5.74) is 0. The molecule has 0 aliphatic heterocycles. The van der Waals surface area contributed by atoms with E-state index in [0.717, 1.165) is 5.76 Å². The van der Waals surface area contributed by atoms with Gasteiger partial charge in [0.15, 0.2) is 5.82 Å². The number of likely N-dealkylation sites (N-methyl/N-ethyl adjacent to an activating group) is 1. The van der Waals surface area contributed by atoms with E-state index >= 15 is 0 Å². The Bertz CT molecular complexity index is 592. The fraction of sp³-hybridized carbons (Fsp3) is 0.500. The minimum Gasteiger partial charge on any atom is -0.468 e. The molecule has 0 aliphatic carbocycles. The van der Waals surface area contributed by atoms with E-state index in [9.17, 15) is 4.79 Å². The first-order valence-corrected chi connectivity index (χ1v) is 7.07. The molecule has 2 aromatic rings. The Balaban J connectivity index is 1.88. The summed E-state index contributed by atoms with van der Waals surface area (Å²) < 4.78 is 7.18. The maximum Gasteiger partial charge on any atom is 0.315 e. The minimum absolute atomic E-state index is 0.0223. The second-order valence-corrected chi connectivity index (χ2v) is 5.37. The number of hydrogen-bond donors (Lipinski definition) is 2. The Morgan fingerprint density at radius 3 is 2.82 bits per heavy atom. The van der Waals surface area contributed by atoms with Crippen LogP contribution in [-0.4, -0.2) is 46.3 Å². The average Bonchev–Trinajstić information content (AvgIpc) is 3.10. The third-order valence-electron chi connectivity index (χ3n) is 3.43. The van der Waals surface area contributed by atoms with Crippen molar-refractivity contribution in [3.8, 4) is 0 Å². The number of urea groups is 1. The monoisotopic (exact) mass is 306 g/mol. The van der Waals surface area contributed by atoms with Gasteiger partial charge in [-0.3, -0.25) is 4.90 Å². The van der Waals surface area contributed by atoms with Gasteiger partial charge in [-0.2, -0.15) is 0 Å². The van der Waals surface area contributed by atoms with Crippen LogP contribution in [0, 0.1) is 0 Å². The first-order chi connectivity index (χ1) is 10.5. The Morgan fingerprint density at radius 2 is 2.27 bits per heavy atom. The van der Waals surface area contributed by atoms with E-state index in [1.807, 2.05) is 45.1 Å². The van der Waals surface area contributed by atoms with Crippen molar-refractivity contribution in [1.82, 2.24) is 30.3 Å². The van der Waals surface area contributed by atoms with E-state index in [1.165, 1.54) is 0 Å². The van der Waals surface area contributed by atoms with Gasteiger partial charge in [0.1, 0.15) is 12.1 Å². The van der Waals surface area contributed by atoms with Crippen LogP contribution in [0.1, 0.15) is 30.6 Å². The van der Waals surface area contributed by atoms with Gasteiger partial charge >= 0.3 is 6.03 Å². The summed E-state index contributed by atoms with van der Waals surface area (Å²) in [7, 11) is 5.72. The van der Waals surface area contributed by atoms with Crippen molar-refractivity contribution in [3.05, 3.63) is 36.3 Å². The number of nitrogens with zero attached hydrogens (tertiary/aromatic N) is 4. The van der Waals surface area contributed by atoms with E-state index in [-0.39, 0.29) is 18.1 Å². The lowest BCUT2D eigenvalue weighted by Gasteiger charge is -2.23. The Morgan fingerprint density at radius 1 is 1.50 bits per heavy atom. The molecule has 0 bridgehead atoms. The third kappa shape index (κ3) is 3.85. The molecule has 0 saturated heterocycles. The SMILES string of the molecule is C[C@H](NC(=O)NC[C@@H](c1ccco1)N(C)C)c1nncn1C. The Hall–Kier alpha value is -2.35. The first-order valence-electron chi connectivity index (χ1n) is 7.07. The fourth-order valence-corrected chi connectivity index (χ4v) is 2.20. The van der Waals surface area contributed by atoms with Gasteiger partial charge in [0, 0.05) is 13.6 Å². The molecule has 2 aromatic heterocycles. The number of amides is 2. The standard InChI is InChI=1S/C14H22N6O2/c1-10(13-18-16-9-20(13)4)17-14(21)15-8-11(19(2)3)12-6-5-7-22-12/h5-7,9-11H,8H2,1-4H3,(H2,15,17,21)/t10-,11-/m0/s1. The van der Waals surface area contributed by atoms with Crippen LogP contribution in [0.3, 0.4) is 0 Å². The Labute approximate surface area is 129 Å². The summed E-state index contributed by atoms with van der Waals surface area (Å²) in [6, 6.07) is 3.22. The fourth-order valence-electron chi connectivity index (χ4n) is 2.20. The lowest BCUT2D eigenvalue weighted by Crippen LogP contribution is -2.41. The molecule has 0 unspecified atom stereocenters. The lowest BCUT2D eigenvalue weighted by molar-refractivity contribution is 0.222. The quantitative estimate of drug-likeness (QED) is 0.833. The molecule has 2 heterocycles. The van der Waals surface area contributed by atoms with Crippen LogP contribution in [0.4, 0.5) is 4.79 Å². The van der Waals surface area contributed by atoms with Crippen molar-refractivity contribution in [2.24, 2.45) is 7.05 Å². The van der Waals surface area contributed by atoms with Crippen LogP contribution in [0.25, 0.3) is 0 Å². The number of nitrogens with one attached hydrogen (secondary N) is 2. The Kier molecular flexibility index (Phi) is 5.16. The van der Waals surface area contributed by atoms with Gasteiger partial charge in [-0.15, -0.1) is 10.2 Å². The molecule has 2 amide bonds. The molecule has 0 aliphatic rings. The van der Waals surface area contributed by atoms with Gasteiger partial charge in [-0.25, -0.2) is 4.79 Å². The van der Waals surface area contributed by atoms with Crippen LogP contribution in [-0.2, 0) is 7.05 Å². The smallest absolute Gasteiger partial charge is 0.315 e. The van der Waals surface area contributed by atoms with Crippen LogP contribution < -0.4 is 10.6 Å². The van der Waals surface area contributed by atoms with E-state index < -0.39 is 0 Å². The molecule has 8 heteroatoms. The summed E-state index contributed by atoms with van der Waals surface area (Å²) in [6.45, 7) is 2.30. The molecule has 2 atom stereocenters.